The first-order valence-electron chi connectivity index (χ1n) is 11.5. The third kappa shape index (κ3) is 6.18. The number of nitrogens with zero attached hydrogens (tertiary/aromatic N) is 1. The maximum atomic E-state index is 14.1. The Morgan fingerprint density at radius 1 is 1.00 bits per heavy atom. The van der Waals surface area contributed by atoms with Crippen LogP contribution < -0.4 is 10.6 Å². The minimum atomic E-state index is -0.799. The number of hydrogen-bond acceptors (Lipinski definition) is 3. The molecule has 3 rings (SSSR count). The minimum absolute atomic E-state index is 0.0252. The van der Waals surface area contributed by atoms with Crippen LogP contribution in [0.15, 0.2) is 48.5 Å². The summed E-state index contributed by atoms with van der Waals surface area (Å²) in [4.78, 5) is 40.5. The van der Waals surface area contributed by atoms with Gasteiger partial charge in [0.05, 0.1) is 5.56 Å². The van der Waals surface area contributed by atoms with E-state index in [2.05, 4.69) is 10.6 Å². The summed E-state index contributed by atoms with van der Waals surface area (Å²) in [6.07, 6.45) is 1.13. The highest BCUT2D eigenvalue weighted by Gasteiger charge is 2.34. The summed E-state index contributed by atoms with van der Waals surface area (Å²) < 4.78 is 14.1. The van der Waals surface area contributed by atoms with Crippen molar-refractivity contribution < 1.29 is 18.8 Å². The van der Waals surface area contributed by atoms with Gasteiger partial charge in [-0.25, -0.2) is 4.39 Å². The summed E-state index contributed by atoms with van der Waals surface area (Å²) in [5.41, 5.74) is 1.51. The van der Waals surface area contributed by atoms with Gasteiger partial charge < -0.3 is 15.5 Å². The average Bonchev–Trinajstić information content (AvgIpc) is 2.81. The molecule has 33 heavy (non-hydrogen) atoms. The van der Waals surface area contributed by atoms with Crippen molar-refractivity contribution in [2.45, 2.75) is 39.7 Å². The van der Waals surface area contributed by atoms with Gasteiger partial charge >= 0.3 is 0 Å². The fraction of sp³-hybridized carbons (Fsp3) is 0.423. The summed E-state index contributed by atoms with van der Waals surface area (Å²) in [5, 5.41) is 5.65. The molecule has 1 atom stereocenters. The highest BCUT2D eigenvalue weighted by Crippen LogP contribution is 2.24. The molecule has 0 bridgehead atoms. The zero-order chi connectivity index (χ0) is 24.0. The molecule has 2 N–H and O–H groups in total. The van der Waals surface area contributed by atoms with Crippen LogP contribution in [0.3, 0.4) is 0 Å². The van der Waals surface area contributed by atoms with Gasteiger partial charge in [0.1, 0.15) is 11.9 Å². The van der Waals surface area contributed by atoms with Crippen LogP contribution in [0.25, 0.3) is 0 Å². The molecular weight excluding hydrogens is 421 g/mol. The molecule has 1 aliphatic heterocycles. The van der Waals surface area contributed by atoms with Crippen LogP contribution in [-0.4, -0.2) is 48.3 Å². The molecule has 176 valence electrons. The van der Waals surface area contributed by atoms with E-state index in [1.807, 2.05) is 45.0 Å². The number of carbonyl (C=O) groups excluding carboxylic acids is 3. The number of likely N-dealkylation sites (tertiary alicyclic amines) is 1. The molecule has 1 heterocycles. The van der Waals surface area contributed by atoms with Crippen LogP contribution in [0.5, 0.6) is 0 Å². The molecule has 1 aliphatic rings. The van der Waals surface area contributed by atoms with E-state index >= 15 is 0 Å². The van der Waals surface area contributed by atoms with Crippen molar-refractivity contribution in [1.82, 2.24) is 15.5 Å². The lowest BCUT2D eigenvalue weighted by Gasteiger charge is -2.36. The number of piperidine rings is 1. The van der Waals surface area contributed by atoms with Gasteiger partial charge in [-0.2, -0.15) is 0 Å². The van der Waals surface area contributed by atoms with Crippen molar-refractivity contribution in [1.29, 1.82) is 0 Å². The van der Waals surface area contributed by atoms with Crippen LogP contribution in [-0.2, 0) is 4.79 Å². The van der Waals surface area contributed by atoms with Crippen LogP contribution >= 0.6 is 0 Å². The number of hydrogen-bond donors (Lipinski definition) is 2. The summed E-state index contributed by atoms with van der Waals surface area (Å²) in [5.74, 6) is -1.45. The predicted molar refractivity (Wildman–Crippen MR) is 125 cm³/mol. The third-order valence-corrected chi connectivity index (χ3v) is 6.05. The maximum absolute atomic E-state index is 14.1. The molecule has 0 unspecified atom stereocenters. The third-order valence-electron chi connectivity index (χ3n) is 6.05. The van der Waals surface area contributed by atoms with E-state index in [1.165, 1.54) is 18.2 Å². The van der Waals surface area contributed by atoms with E-state index in [-0.39, 0.29) is 29.2 Å². The second kappa shape index (κ2) is 11.1. The molecule has 3 amide bonds. The zero-order valence-corrected chi connectivity index (χ0v) is 19.4. The Kier molecular flexibility index (Phi) is 8.20. The minimum Gasteiger partial charge on any atom is -0.354 e. The molecule has 0 spiro atoms. The van der Waals surface area contributed by atoms with Crippen molar-refractivity contribution in [3.63, 3.8) is 0 Å². The Morgan fingerprint density at radius 2 is 1.61 bits per heavy atom. The number of amides is 3. The van der Waals surface area contributed by atoms with Crippen LogP contribution in [0, 0.1) is 24.6 Å². The van der Waals surface area contributed by atoms with Gasteiger partial charge in [-0.05, 0) is 55.4 Å². The number of rotatable bonds is 7. The van der Waals surface area contributed by atoms with E-state index in [4.69, 9.17) is 0 Å². The maximum Gasteiger partial charge on any atom is 0.254 e. The van der Waals surface area contributed by atoms with Gasteiger partial charge in [0.25, 0.3) is 11.8 Å². The molecule has 6 nitrogen and oxygen atoms in total. The van der Waals surface area contributed by atoms with Crippen LogP contribution in [0.4, 0.5) is 4.39 Å². The largest absolute Gasteiger partial charge is 0.354 e. The average molecular weight is 454 g/mol. The van der Waals surface area contributed by atoms with E-state index in [1.54, 1.807) is 11.0 Å². The standard InChI is InChI=1S/C26H32FN3O3/c1-17(2)16-28-25(32)23(29-24(31)21-10-6-7-11-22(21)27)19-12-14-30(15-13-19)26(33)20-9-5-4-8-18(20)3/h4-11,17,19,23H,12-16H2,1-3H3,(H,28,32)(H,29,31)/t23-/m0/s1. The molecule has 1 saturated heterocycles. The van der Waals surface area contributed by atoms with Crippen molar-refractivity contribution in [3.05, 3.63) is 71.0 Å². The zero-order valence-electron chi connectivity index (χ0n) is 19.4. The molecule has 0 saturated carbocycles. The van der Waals surface area contributed by atoms with Crippen molar-refractivity contribution in [3.8, 4) is 0 Å². The quantitative estimate of drug-likeness (QED) is 0.673. The van der Waals surface area contributed by atoms with E-state index in [0.29, 0.717) is 38.0 Å². The number of carbonyl (C=O) groups is 3. The van der Waals surface area contributed by atoms with Crippen LogP contribution in [0.2, 0.25) is 0 Å². The molecule has 0 aliphatic carbocycles. The van der Waals surface area contributed by atoms with Crippen molar-refractivity contribution in [2.75, 3.05) is 19.6 Å². The molecule has 0 aromatic heterocycles. The van der Waals surface area contributed by atoms with Gasteiger partial charge in [0.15, 0.2) is 0 Å². The normalized spacial score (nSPS) is 15.2. The van der Waals surface area contributed by atoms with Crippen LogP contribution in [0.1, 0.15) is 53.0 Å². The first-order chi connectivity index (χ1) is 15.8. The summed E-state index contributed by atoms with van der Waals surface area (Å²) in [7, 11) is 0. The molecule has 7 heteroatoms. The number of nitrogens with one attached hydrogen (secondary N) is 2. The summed E-state index contributed by atoms with van der Waals surface area (Å²) in [6, 6.07) is 12.4. The van der Waals surface area contributed by atoms with E-state index in [9.17, 15) is 18.8 Å². The Balaban J connectivity index is 1.71. The highest BCUT2D eigenvalue weighted by molar-refractivity contribution is 5.98. The van der Waals surface area contributed by atoms with E-state index < -0.39 is 17.8 Å². The second-order valence-electron chi connectivity index (χ2n) is 9.01. The summed E-state index contributed by atoms with van der Waals surface area (Å²) >= 11 is 0. The number of aryl methyl sites for hydroxylation is 1. The topological polar surface area (TPSA) is 78.5 Å². The predicted octanol–water partition coefficient (Wildman–Crippen LogP) is 3.56. The Hall–Kier alpha value is -3.22. The summed E-state index contributed by atoms with van der Waals surface area (Å²) in [6.45, 7) is 7.34. The fourth-order valence-electron chi connectivity index (χ4n) is 4.10. The molecule has 2 aromatic carbocycles. The van der Waals surface area contributed by atoms with E-state index in [0.717, 1.165) is 5.56 Å². The van der Waals surface area contributed by atoms with Gasteiger partial charge in [0, 0.05) is 25.2 Å². The first kappa shape index (κ1) is 24.4. The molecular formula is C26H32FN3O3. The molecule has 2 aromatic rings. The SMILES string of the molecule is Cc1ccccc1C(=O)N1CCC([C@H](NC(=O)c2ccccc2F)C(=O)NCC(C)C)CC1. The Labute approximate surface area is 194 Å². The van der Waals surface area contributed by atoms with Gasteiger partial charge in [-0.15, -0.1) is 0 Å². The monoisotopic (exact) mass is 453 g/mol. The lowest BCUT2D eigenvalue weighted by atomic mass is 9.88. The molecule has 1 fully saturated rings. The van der Waals surface area contributed by atoms with Crippen molar-refractivity contribution in [2.24, 2.45) is 11.8 Å². The molecule has 0 radical (unpaired) electrons. The number of halogens is 1. The number of benzene rings is 2. The van der Waals surface area contributed by atoms with Gasteiger partial charge in [0.2, 0.25) is 5.91 Å². The first-order valence-corrected chi connectivity index (χ1v) is 11.5. The lowest BCUT2D eigenvalue weighted by molar-refractivity contribution is -0.124. The van der Waals surface area contributed by atoms with Gasteiger partial charge in [-0.3, -0.25) is 14.4 Å². The fourth-order valence-corrected chi connectivity index (χ4v) is 4.10. The highest BCUT2D eigenvalue weighted by atomic mass is 19.1. The second-order valence-corrected chi connectivity index (χ2v) is 9.01. The smallest absolute Gasteiger partial charge is 0.254 e. The lowest BCUT2D eigenvalue weighted by Crippen LogP contribution is -2.54. The van der Waals surface area contributed by atoms with Gasteiger partial charge in [-0.1, -0.05) is 44.2 Å². The Morgan fingerprint density at radius 3 is 2.21 bits per heavy atom. The van der Waals surface area contributed by atoms with Crippen molar-refractivity contribution >= 4 is 17.7 Å². The Bertz CT molecular complexity index is 1000.